The van der Waals surface area contributed by atoms with E-state index in [1.54, 1.807) is 4.68 Å². The van der Waals surface area contributed by atoms with E-state index in [1.807, 2.05) is 0 Å². The maximum atomic E-state index is 10.4. The first-order valence-corrected chi connectivity index (χ1v) is 5.16. The molecule has 82 valence electrons. The molecule has 2 heterocycles. The normalized spacial score (nSPS) is 20.7. The fraction of sp³-hybridized carbons (Fsp3) is 0.667. The van der Waals surface area contributed by atoms with Gasteiger partial charge in [0.15, 0.2) is 0 Å². The molecule has 1 unspecified atom stereocenters. The van der Waals surface area contributed by atoms with Crippen LogP contribution in [-0.2, 0) is 6.54 Å². The van der Waals surface area contributed by atoms with Gasteiger partial charge < -0.3 is 5.32 Å². The largest absolute Gasteiger partial charge is 0.314 e. The zero-order chi connectivity index (χ0) is 10.7. The molecule has 1 fully saturated rings. The first kappa shape index (κ1) is 10.1. The van der Waals surface area contributed by atoms with Crippen LogP contribution in [0.5, 0.6) is 0 Å². The minimum atomic E-state index is -0.419. The van der Waals surface area contributed by atoms with E-state index in [0.29, 0.717) is 6.04 Å². The molecule has 0 spiro atoms. The number of hydrogen-bond donors (Lipinski definition) is 1. The second-order valence-corrected chi connectivity index (χ2v) is 3.80. The number of nitro groups is 1. The highest BCUT2D eigenvalue weighted by Crippen LogP contribution is 2.12. The zero-order valence-corrected chi connectivity index (χ0v) is 8.43. The Bertz CT molecular complexity index is 344. The molecule has 6 heteroatoms. The Balaban J connectivity index is 1.84. The Morgan fingerprint density at radius 2 is 2.60 bits per heavy atom. The van der Waals surface area contributed by atoms with Crippen LogP contribution in [-0.4, -0.2) is 27.3 Å². The molecule has 0 bridgehead atoms. The third-order valence-electron chi connectivity index (χ3n) is 2.70. The summed E-state index contributed by atoms with van der Waals surface area (Å²) >= 11 is 0. The lowest BCUT2D eigenvalue weighted by Gasteiger charge is -2.08. The Hall–Kier alpha value is -1.43. The minimum Gasteiger partial charge on any atom is -0.314 e. The lowest BCUT2D eigenvalue weighted by molar-refractivity contribution is -0.385. The van der Waals surface area contributed by atoms with Crippen molar-refractivity contribution < 1.29 is 4.92 Å². The van der Waals surface area contributed by atoms with Crippen LogP contribution in [0.1, 0.15) is 19.3 Å². The highest BCUT2D eigenvalue weighted by Gasteiger charge is 2.14. The van der Waals surface area contributed by atoms with Gasteiger partial charge in [0, 0.05) is 12.6 Å². The fourth-order valence-electron chi connectivity index (χ4n) is 1.86. The van der Waals surface area contributed by atoms with E-state index in [2.05, 4.69) is 10.4 Å². The molecule has 1 saturated heterocycles. The van der Waals surface area contributed by atoms with Crippen LogP contribution in [0.4, 0.5) is 5.69 Å². The third kappa shape index (κ3) is 2.53. The number of nitrogens with one attached hydrogen (secondary N) is 1. The van der Waals surface area contributed by atoms with E-state index in [9.17, 15) is 10.1 Å². The predicted molar refractivity (Wildman–Crippen MR) is 54.5 cm³/mol. The van der Waals surface area contributed by atoms with Gasteiger partial charge in [-0.25, -0.2) is 0 Å². The van der Waals surface area contributed by atoms with Crippen LogP contribution in [0.25, 0.3) is 0 Å². The summed E-state index contributed by atoms with van der Waals surface area (Å²) in [6.45, 7) is 1.83. The molecule has 0 aliphatic carbocycles. The standard InChI is InChI=1S/C9H14N4O2/c14-13(15)9-6-11-12(7-9)5-3-8-2-1-4-10-8/h6-8,10H,1-5H2. The summed E-state index contributed by atoms with van der Waals surface area (Å²) in [5.41, 5.74) is 0.0642. The van der Waals surface area contributed by atoms with Crippen LogP contribution in [0.2, 0.25) is 0 Å². The first-order valence-electron chi connectivity index (χ1n) is 5.16. The molecule has 1 N–H and O–H groups in total. The van der Waals surface area contributed by atoms with Gasteiger partial charge in [0.2, 0.25) is 0 Å². The van der Waals surface area contributed by atoms with Crippen molar-refractivity contribution in [1.29, 1.82) is 0 Å². The molecule has 1 atom stereocenters. The van der Waals surface area contributed by atoms with Gasteiger partial charge in [-0.1, -0.05) is 0 Å². The van der Waals surface area contributed by atoms with E-state index in [4.69, 9.17) is 0 Å². The van der Waals surface area contributed by atoms with Gasteiger partial charge in [0.05, 0.1) is 4.92 Å². The number of hydrogen-bond acceptors (Lipinski definition) is 4. The van der Waals surface area contributed by atoms with Crippen molar-refractivity contribution in [2.45, 2.75) is 31.8 Å². The van der Waals surface area contributed by atoms with Crippen LogP contribution < -0.4 is 5.32 Å². The predicted octanol–water partition coefficient (Wildman–Crippen LogP) is 0.933. The van der Waals surface area contributed by atoms with Gasteiger partial charge in [0.25, 0.3) is 0 Å². The molecule has 0 aromatic carbocycles. The molecule has 1 aromatic heterocycles. The van der Waals surface area contributed by atoms with Crippen molar-refractivity contribution in [2.24, 2.45) is 0 Å². The summed E-state index contributed by atoms with van der Waals surface area (Å²) in [4.78, 5) is 10.00. The van der Waals surface area contributed by atoms with Crippen LogP contribution in [0.3, 0.4) is 0 Å². The second-order valence-electron chi connectivity index (χ2n) is 3.80. The highest BCUT2D eigenvalue weighted by atomic mass is 16.6. The lowest BCUT2D eigenvalue weighted by Crippen LogP contribution is -2.22. The van der Waals surface area contributed by atoms with Gasteiger partial charge in [0.1, 0.15) is 12.4 Å². The molecule has 0 amide bonds. The topological polar surface area (TPSA) is 73.0 Å². The summed E-state index contributed by atoms with van der Waals surface area (Å²) in [6, 6.07) is 0.549. The summed E-state index contributed by atoms with van der Waals surface area (Å²) < 4.78 is 1.64. The summed E-state index contributed by atoms with van der Waals surface area (Å²) in [5, 5.41) is 17.7. The molecule has 1 aromatic rings. The van der Waals surface area contributed by atoms with E-state index in [0.717, 1.165) is 19.5 Å². The van der Waals surface area contributed by atoms with E-state index < -0.39 is 4.92 Å². The number of aryl methyl sites for hydroxylation is 1. The Morgan fingerprint density at radius 3 is 3.20 bits per heavy atom. The number of aromatic nitrogens is 2. The average molecular weight is 210 g/mol. The highest BCUT2D eigenvalue weighted by molar-refractivity contribution is 5.20. The summed E-state index contributed by atoms with van der Waals surface area (Å²) in [7, 11) is 0. The van der Waals surface area contributed by atoms with Crippen molar-refractivity contribution in [1.82, 2.24) is 15.1 Å². The Morgan fingerprint density at radius 1 is 1.73 bits per heavy atom. The van der Waals surface area contributed by atoms with Crippen molar-refractivity contribution >= 4 is 5.69 Å². The smallest absolute Gasteiger partial charge is 0.306 e. The molecule has 1 aliphatic rings. The monoisotopic (exact) mass is 210 g/mol. The van der Waals surface area contributed by atoms with Crippen molar-refractivity contribution in [2.75, 3.05) is 6.54 Å². The molecular weight excluding hydrogens is 196 g/mol. The fourth-order valence-corrected chi connectivity index (χ4v) is 1.86. The SMILES string of the molecule is O=[N+]([O-])c1cnn(CCC2CCCN2)c1. The van der Waals surface area contributed by atoms with Gasteiger partial charge in [-0.2, -0.15) is 5.10 Å². The van der Waals surface area contributed by atoms with Gasteiger partial charge >= 0.3 is 5.69 Å². The van der Waals surface area contributed by atoms with Crippen molar-refractivity contribution in [3.8, 4) is 0 Å². The molecule has 15 heavy (non-hydrogen) atoms. The molecule has 0 radical (unpaired) electrons. The minimum absolute atomic E-state index is 0.0642. The van der Waals surface area contributed by atoms with Crippen molar-refractivity contribution in [3.05, 3.63) is 22.5 Å². The molecule has 6 nitrogen and oxygen atoms in total. The zero-order valence-electron chi connectivity index (χ0n) is 8.43. The molecule has 0 saturated carbocycles. The molecule has 1 aliphatic heterocycles. The lowest BCUT2D eigenvalue weighted by atomic mass is 10.2. The van der Waals surface area contributed by atoms with Gasteiger partial charge in [-0.15, -0.1) is 0 Å². The molecular formula is C9H14N4O2. The third-order valence-corrected chi connectivity index (χ3v) is 2.70. The van der Waals surface area contributed by atoms with Gasteiger partial charge in [-0.3, -0.25) is 14.8 Å². The number of rotatable bonds is 4. The summed E-state index contributed by atoms with van der Waals surface area (Å²) in [6.07, 6.45) is 6.18. The quantitative estimate of drug-likeness (QED) is 0.592. The Labute approximate surface area is 87.4 Å². The second kappa shape index (κ2) is 4.39. The molecule has 2 rings (SSSR count). The van der Waals surface area contributed by atoms with Crippen LogP contribution in [0.15, 0.2) is 12.4 Å². The average Bonchev–Trinajstić information content (AvgIpc) is 2.86. The van der Waals surface area contributed by atoms with Crippen LogP contribution >= 0.6 is 0 Å². The maximum absolute atomic E-state index is 10.4. The first-order chi connectivity index (χ1) is 7.25. The maximum Gasteiger partial charge on any atom is 0.306 e. The van der Waals surface area contributed by atoms with Crippen LogP contribution in [0, 0.1) is 10.1 Å². The van der Waals surface area contributed by atoms with Crippen molar-refractivity contribution in [3.63, 3.8) is 0 Å². The van der Waals surface area contributed by atoms with E-state index >= 15 is 0 Å². The van der Waals surface area contributed by atoms with E-state index in [-0.39, 0.29) is 5.69 Å². The Kier molecular flexibility index (Phi) is 2.96. The summed E-state index contributed by atoms with van der Waals surface area (Å²) in [5.74, 6) is 0. The van der Waals surface area contributed by atoms with Gasteiger partial charge in [-0.05, 0) is 25.8 Å². The van der Waals surface area contributed by atoms with E-state index in [1.165, 1.54) is 25.2 Å². The number of nitrogens with zero attached hydrogens (tertiary/aromatic N) is 3.